The minimum absolute atomic E-state index is 0. The molecule has 4 rings (SSSR count). The Bertz CT molecular complexity index is 1330. The van der Waals surface area contributed by atoms with Gasteiger partial charge in [0.2, 0.25) is 23.8 Å². The summed E-state index contributed by atoms with van der Waals surface area (Å²) in [5.41, 5.74) is 7.57. The fourth-order valence-corrected chi connectivity index (χ4v) is 4.65. The number of primary amides is 1. The Kier molecular flexibility index (Phi) is 10.1. The van der Waals surface area contributed by atoms with E-state index in [0.717, 1.165) is 42.8 Å². The molecular formula is C29H39F3N8O. The lowest BCUT2D eigenvalue weighted by atomic mass is 10.1. The number of nitrogens with one attached hydrogen (secondary N) is 2. The average molecular weight is 573 g/mol. The van der Waals surface area contributed by atoms with Crippen LogP contribution in [0, 0.1) is 12.8 Å². The molecule has 2 aromatic carbocycles. The number of rotatable bonds is 10. The predicted molar refractivity (Wildman–Crippen MR) is 156 cm³/mol. The lowest BCUT2D eigenvalue weighted by Gasteiger charge is -2.22. The van der Waals surface area contributed by atoms with Crippen molar-refractivity contribution in [3.8, 4) is 0 Å². The highest BCUT2D eigenvalue weighted by molar-refractivity contribution is 5.94. The number of hydrogen-bond acceptors (Lipinski definition) is 8. The van der Waals surface area contributed by atoms with Crippen LogP contribution in [0.5, 0.6) is 0 Å². The van der Waals surface area contributed by atoms with Gasteiger partial charge in [0.25, 0.3) is 0 Å². The Hall–Kier alpha value is -3.93. The first-order valence-corrected chi connectivity index (χ1v) is 13.2. The molecule has 9 nitrogen and oxygen atoms in total. The maximum Gasteiger partial charge on any atom is 0.416 e. The van der Waals surface area contributed by atoms with Gasteiger partial charge in [-0.05, 0) is 54.7 Å². The first-order valence-electron chi connectivity index (χ1n) is 13.2. The summed E-state index contributed by atoms with van der Waals surface area (Å²) in [6, 6.07) is 10.5. The zero-order chi connectivity index (χ0) is 29.0. The van der Waals surface area contributed by atoms with Crippen molar-refractivity contribution in [2.75, 3.05) is 42.2 Å². The lowest BCUT2D eigenvalue weighted by molar-refractivity contribution is -0.137. The van der Waals surface area contributed by atoms with Gasteiger partial charge >= 0.3 is 6.18 Å². The molecule has 2 heterocycles. The largest absolute Gasteiger partial charge is 0.416 e. The van der Waals surface area contributed by atoms with Crippen LogP contribution >= 0.6 is 0 Å². The number of halogens is 3. The number of carbonyl (C=O) groups excluding carboxylic acids is 1. The molecule has 0 aliphatic carbocycles. The van der Waals surface area contributed by atoms with E-state index in [1.165, 1.54) is 12.1 Å². The molecule has 4 N–H and O–H groups in total. The summed E-state index contributed by atoms with van der Waals surface area (Å²) in [6.45, 7) is 8.89. The van der Waals surface area contributed by atoms with Gasteiger partial charge in [0.1, 0.15) is 0 Å². The summed E-state index contributed by atoms with van der Waals surface area (Å²) in [7, 11) is 1.92. The van der Waals surface area contributed by atoms with Gasteiger partial charge < -0.3 is 21.3 Å². The highest BCUT2D eigenvalue weighted by Gasteiger charge is 2.30. The number of nitrogens with two attached hydrogens (primary N) is 1. The minimum Gasteiger partial charge on any atom is -0.366 e. The Balaban J connectivity index is 0.00000462. The van der Waals surface area contributed by atoms with Gasteiger partial charge in [-0.15, -0.1) is 0 Å². The molecule has 41 heavy (non-hydrogen) atoms. The number of benzene rings is 2. The summed E-state index contributed by atoms with van der Waals surface area (Å²) in [5.74, 6) is 1.09. The van der Waals surface area contributed by atoms with Gasteiger partial charge in [-0.1, -0.05) is 39.5 Å². The Morgan fingerprint density at radius 1 is 1.12 bits per heavy atom. The molecule has 1 saturated heterocycles. The van der Waals surface area contributed by atoms with Crippen molar-refractivity contribution in [1.29, 1.82) is 0 Å². The topological polar surface area (TPSA) is 112 Å². The smallest absolute Gasteiger partial charge is 0.366 e. The second-order valence-electron chi connectivity index (χ2n) is 10.6. The highest BCUT2D eigenvalue weighted by Crippen LogP contribution is 2.29. The second kappa shape index (κ2) is 13.2. The zero-order valence-electron chi connectivity index (χ0n) is 23.1. The highest BCUT2D eigenvalue weighted by atomic mass is 19.4. The van der Waals surface area contributed by atoms with Crippen molar-refractivity contribution < 1.29 is 18.0 Å². The number of alkyl halides is 3. The summed E-state index contributed by atoms with van der Waals surface area (Å²) < 4.78 is 38.6. The van der Waals surface area contributed by atoms with Gasteiger partial charge in [-0.25, -0.2) is 0 Å². The van der Waals surface area contributed by atoms with Gasteiger partial charge in [-0.2, -0.15) is 28.1 Å². The first-order chi connectivity index (χ1) is 18.9. The van der Waals surface area contributed by atoms with Crippen LogP contribution < -0.4 is 21.3 Å². The fraction of sp³-hybridized carbons (Fsp3) is 0.448. The second-order valence-corrected chi connectivity index (χ2v) is 10.6. The van der Waals surface area contributed by atoms with Crippen LogP contribution in [0.15, 0.2) is 42.5 Å². The van der Waals surface area contributed by atoms with E-state index in [1.54, 1.807) is 18.2 Å². The maximum atomic E-state index is 12.9. The molecule has 1 unspecified atom stereocenters. The van der Waals surface area contributed by atoms with Gasteiger partial charge in [0.15, 0.2) is 0 Å². The molecule has 1 aliphatic rings. The van der Waals surface area contributed by atoms with Crippen LogP contribution in [0.4, 0.5) is 36.7 Å². The van der Waals surface area contributed by atoms with Gasteiger partial charge in [0, 0.05) is 50.5 Å². The molecule has 1 atom stereocenters. The van der Waals surface area contributed by atoms with Crippen molar-refractivity contribution in [2.24, 2.45) is 11.7 Å². The van der Waals surface area contributed by atoms with E-state index in [-0.39, 0.29) is 13.5 Å². The lowest BCUT2D eigenvalue weighted by Crippen LogP contribution is -2.28. The molecule has 12 heteroatoms. The number of likely N-dealkylation sites (tertiary alicyclic amines) is 1. The molecule has 1 fully saturated rings. The van der Waals surface area contributed by atoms with Crippen LogP contribution in [0.2, 0.25) is 0 Å². The van der Waals surface area contributed by atoms with Crippen molar-refractivity contribution >= 4 is 29.4 Å². The Morgan fingerprint density at radius 3 is 2.44 bits per heavy atom. The molecular weight excluding hydrogens is 533 g/mol. The molecule has 0 radical (unpaired) electrons. The summed E-state index contributed by atoms with van der Waals surface area (Å²) in [6.07, 6.45) is -3.52. The van der Waals surface area contributed by atoms with E-state index in [4.69, 9.17) is 5.73 Å². The van der Waals surface area contributed by atoms with E-state index in [1.807, 2.05) is 18.9 Å². The molecule has 1 amide bonds. The van der Waals surface area contributed by atoms with E-state index >= 15 is 0 Å². The third kappa shape index (κ3) is 8.53. The van der Waals surface area contributed by atoms with Gasteiger partial charge in [-0.3, -0.25) is 9.69 Å². The van der Waals surface area contributed by atoms with Crippen LogP contribution in [-0.4, -0.2) is 58.5 Å². The van der Waals surface area contributed by atoms with E-state index in [9.17, 15) is 18.0 Å². The number of anilines is 4. The number of aromatic nitrogens is 3. The maximum absolute atomic E-state index is 12.9. The summed E-state index contributed by atoms with van der Waals surface area (Å²) in [4.78, 5) is 29.7. The fourth-order valence-electron chi connectivity index (χ4n) is 4.65. The molecule has 222 valence electrons. The van der Waals surface area contributed by atoms with Crippen LogP contribution in [0.3, 0.4) is 0 Å². The van der Waals surface area contributed by atoms with E-state index in [2.05, 4.69) is 44.3 Å². The minimum atomic E-state index is -4.34. The summed E-state index contributed by atoms with van der Waals surface area (Å²) >= 11 is 0. The van der Waals surface area contributed by atoms with Crippen molar-refractivity contribution in [3.63, 3.8) is 0 Å². The molecule has 0 spiro atoms. The van der Waals surface area contributed by atoms with Gasteiger partial charge in [0.05, 0.1) is 5.56 Å². The molecule has 1 aliphatic heterocycles. The SMILES string of the molecule is C.Cc1ccc(C(N)=O)cc1Nc1nc(NC2CCN(Cc3ccc(C(F)(F)F)cc3)C2)nc(N(C)CC(C)C)n1. The first kappa shape index (κ1) is 31.6. The third-order valence-corrected chi connectivity index (χ3v) is 6.67. The number of amides is 1. The molecule has 1 aromatic heterocycles. The number of nitrogens with zero attached hydrogens (tertiary/aromatic N) is 5. The van der Waals surface area contributed by atoms with Crippen LogP contribution in [0.1, 0.15) is 54.7 Å². The normalized spacial score (nSPS) is 15.5. The Labute approximate surface area is 239 Å². The molecule has 0 bridgehead atoms. The monoisotopic (exact) mass is 572 g/mol. The zero-order valence-corrected chi connectivity index (χ0v) is 23.1. The number of carbonyl (C=O) groups is 1. The molecule has 3 aromatic rings. The standard InChI is InChI=1S/C28H35F3N8O.CH4/c1-17(2)14-38(4)27-36-25(35-26(37-27)34-23-13-20(24(32)40)8-5-18(23)3)33-22-11-12-39(16-22)15-19-6-9-21(10-7-19)28(29,30)31;/h5-10,13,17,22H,11-12,14-16H2,1-4H3,(H2,32,40)(H2,33,34,35,36,37);1H4. The van der Waals surface area contributed by atoms with Crippen LogP contribution in [-0.2, 0) is 12.7 Å². The molecule has 0 saturated carbocycles. The summed E-state index contributed by atoms with van der Waals surface area (Å²) in [5, 5.41) is 6.62. The number of aryl methyl sites for hydroxylation is 1. The van der Waals surface area contributed by atoms with Crippen molar-refractivity contribution in [3.05, 3.63) is 64.7 Å². The van der Waals surface area contributed by atoms with Crippen molar-refractivity contribution in [1.82, 2.24) is 19.9 Å². The quantitative estimate of drug-likeness (QED) is 0.294. The third-order valence-electron chi connectivity index (χ3n) is 6.67. The van der Waals surface area contributed by atoms with Crippen molar-refractivity contribution in [2.45, 2.75) is 53.4 Å². The Morgan fingerprint density at radius 2 is 1.80 bits per heavy atom. The number of hydrogen-bond donors (Lipinski definition) is 3. The van der Waals surface area contributed by atoms with E-state index in [0.29, 0.717) is 48.1 Å². The predicted octanol–water partition coefficient (Wildman–Crippen LogP) is 5.46. The van der Waals surface area contributed by atoms with E-state index < -0.39 is 17.6 Å². The van der Waals surface area contributed by atoms with Crippen LogP contribution in [0.25, 0.3) is 0 Å². The average Bonchev–Trinajstić information content (AvgIpc) is 3.31.